The van der Waals surface area contributed by atoms with Gasteiger partial charge in [0, 0.05) is 10.6 Å². The highest BCUT2D eigenvalue weighted by atomic mass is 35.5. The molecular weight excluding hydrogens is 382 g/mol. The Morgan fingerprint density at radius 2 is 2.00 bits per heavy atom. The van der Waals surface area contributed by atoms with Crippen molar-refractivity contribution in [3.05, 3.63) is 81.4 Å². The normalized spacial score (nSPS) is 14.3. The van der Waals surface area contributed by atoms with Gasteiger partial charge < -0.3 is 9.52 Å². The van der Waals surface area contributed by atoms with E-state index in [-0.39, 0.29) is 18.1 Å². The van der Waals surface area contributed by atoms with Crippen LogP contribution in [0, 0.1) is 0 Å². The Balaban J connectivity index is 1.81. The summed E-state index contributed by atoms with van der Waals surface area (Å²) in [4.78, 5) is 0. The first-order valence-corrected chi connectivity index (χ1v) is 10.4. The molecule has 3 rings (SSSR count). The Bertz CT molecular complexity index is 887. The van der Waals surface area contributed by atoms with Crippen molar-refractivity contribution in [2.45, 2.75) is 11.4 Å². The third-order valence-electron chi connectivity index (χ3n) is 3.78. The molecule has 0 spiro atoms. The molecule has 5 nitrogen and oxygen atoms in total. The Kier molecular flexibility index (Phi) is 5.31. The van der Waals surface area contributed by atoms with Gasteiger partial charge in [0.15, 0.2) is 5.60 Å². The predicted octanol–water partition coefficient (Wildman–Crippen LogP) is 3.35. The van der Waals surface area contributed by atoms with Crippen LogP contribution >= 0.6 is 22.9 Å². The Morgan fingerprint density at radius 1 is 1.20 bits per heavy atom. The average Bonchev–Trinajstić information content (AvgIpc) is 3.28. The van der Waals surface area contributed by atoms with Crippen molar-refractivity contribution < 1.29 is 17.9 Å². The van der Waals surface area contributed by atoms with Crippen LogP contribution in [0.25, 0.3) is 0 Å². The summed E-state index contributed by atoms with van der Waals surface area (Å²) in [5, 5.41) is 15.0. The van der Waals surface area contributed by atoms with Crippen molar-refractivity contribution in [1.82, 2.24) is 4.72 Å². The first-order chi connectivity index (χ1) is 11.9. The number of hydrogen-bond donors (Lipinski definition) is 2. The monoisotopic (exact) mass is 397 g/mol. The molecule has 0 aliphatic heterocycles. The van der Waals surface area contributed by atoms with Crippen LogP contribution in [0.3, 0.4) is 0 Å². The highest BCUT2D eigenvalue weighted by molar-refractivity contribution is 7.88. The molecule has 1 aromatic carbocycles. The van der Waals surface area contributed by atoms with Crippen molar-refractivity contribution in [3.8, 4) is 0 Å². The van der Waals surface area contributed by atoms with Crippen LogP contribution in [0.5, 0.6) is 0 Å². The Morgan fingerprint density at radius 3 is 2.64 bits per heavy atom. The molecule has 25 heavy (non-hydrogen) atoms. The first kappa shape index (κ1) is 18.2. The van der Waals surface area contributed by atoms with E-state index in [2.05, 4.69) is 4.72 Å². The fourth-order valence-electron chi connectivity index (χ4n) is 2.43. The quantitative estimate of drug-likeness (QED) is 0.640. The van der Waals surface area contributed by atoms with Crippen molar-refractivity contribution in [2.75, 3.05) is 6.54 Å². The van der Waals surface area contributed by atoms with Gasteiger partial charge in [-0.15, -0.1) is 0 Å². The second-order valence-electron chi connectivity index (χ2n) is 5.52. The number of rotatable bonds is 7. The van der Waals surface area contributed by atoms with Crippen molar-refractivity contribution in [1.29, 1.82) is 0 Å². The lowest BCUT2D eigenvalue weighted by Gasteiger charge is -2.25. The number of thiophene rings is 1. The number of aliphatic hydroxyl groups is 1. The lowest BCUT2D eigenvalue weighted by atomic mass is 9.94. The van der Waals surface area contributed by atoms with Crippen LogP contribution in [0.15, 0.2) is 63.9 Å². The summed E-state index contributed by atoms with van der Waals surface area (Å²) in [6.45, 7) is -0.246. The zero-order valence-electron chi connectivity index (χ0n) is 13.1. The number of benzene rings is 1. The molecule has 2 heterocycles. The van der Waals surface area contributed by atoms with Gasteiger partial charge in [-0.2, -0.15) is 11.3 Å². The van der Waals surface area contributed by atoms with Gasteiger partial charge in [0.05, 0.1) is 18.6 Å². The molecule has 0 bridgehead atoms. The van der Waals surface area contributed by atoms with Gasteiger partial charge in [-0.25, -0.2) is 13.1 Å². The first-order valence-electron chi connectivity index (χ1n) is 7.40. The minimum atomic E-state index is -3.71. The summed E-state index contributed by atoms with van der Waals surface area (Å²) in [5.41, 5.74) is -0.529. The average molecular weight is 398 g/mol. The summed E-state index contributed by atoms with van der Waals surface area (Å²) >= 11 is 7.43. The molecule has 2 N–H and O–H groups in total. The van der Waals surface area contributed by atoms with Crippen LogP contribution in [-0.2, 0) is 21.4 Å². The zero-order chi connectivity index (χ0) is 17.9. The summed E-state index contributed by atoms with van der Waals surface area (Å²) in [7, 11) is -3.71. The molecule has 0 aliphatic rings. The van der Waals surface area contributed by atoms with E-state index in [1.54, 1.807) is 47.8 Å². The molecule has 0 amide bonds. The maximum atomic E-state index is 12.4. The van der Waals surface area contributed by atoms with Gasteiger partial charge in [0.2, 0.25) is 10.0 Å². The topological polar surface area (TPSA) is 79.5 Å². The van der Waals surface area contributed by atoms with E-state index >= 15 is 0 Å². The minimum absolute atomic E-state index is 0.246. The fourth-order valence-corrected chi connectivity index (χ4v) is 4.63. The van der Waals surface area contributed by atoms with Crippen LogP contribution in [0.2, 0.25) is 5.02 Å². The molecule has 0 unspecified atom stereocenters. The highest BCUT2D eigenvalue weighted by Crippen LogP contribution is 2.31. The number of sulfonamides is 1. The third-order valence-corrected chi connectivity index (χ3v) is 6.11. The molecule has 0 saturated carbocycles. The standard InChI is InChI=1S/C17H16ClNO4S2/c18-15-5-2-1-4-13(15)11-25(21,22)19-12-17(20,14-7-9-24-10-14)16-6-3-8-23-16/h1-10,19-20H,11-12H2/t17-/m1/s1. The van der Waals surface area contributed by atoms with Crippen LogP contribution in [0.1, 0.15) is 16.9 Å². The van der Waals surface area contributed by atoms with E-state index in [0.717, 1.165) is 0 Å². The molecule has 3 aromatic rings. The molecule has 0 saturated heterocycles. The molecule has 2 aromatic heterocycles. The van der Waals surface area contributed by atoms with E-state index in [1.807, 2.05) is 5.38 Å². The van der Waals surface area contributed by atoms with E-state index in [9.17, 15) is 13.5 Å². The summed E-state index contributed by atoms with van der Waals surface area (Å²) in [5.74, 6) is -0.00351. The molecule has 0 aliphatic carbocycles. The molecule has 8 heteroatoms. The van der Waals surface area contributed by atoms with E-state index in [4.69, 9.17) is 16.0 Å². The predicted molar refractivity (Wildman–Crippen MR) is 98.1 cm³/mol. The lowest BCUT2D eigenvalue weighted by molar-refractivity contribution is 0.0623. The van der Waals surface area contributed by atoms with Gasteiger partial charge in [-0.05, 0) is 40.6 Å². The molecular formula is C17H16ClNO4S2. The summed E-state index contributed by atoms with van der Waals surface area (Å²) in [6.07, 6.45) is 1.44. The van der Waals surface area contributed by atoms with Crippen LogP contribution in [-0.4, -0.2) is 20.1 Å². The van der Waals surface area contributed by atoms with Crippen LogP contribution < -0.4 is 4.72 Å². The molecule has 0 fully saturated rings. The van der Waals surface area contributed by atoms with E-state index in [1.165, 1.54) is 17.6 Å². The van der Waals surface area contributed by atoms with E-state index < -0.39 is 15.6 Å². The van der Waals surface area contributed by atoms with Crippen molar-refractivity contribution >= 4 is 33.0 Å². The Hall–Kier alpha value is -1.64. The molecule has 0 radical (unpaired) electrons. The largest absolute Gasteiger partial charge is 0.466 e. The van der Waals surface area contributed by atoms with Gasteiger partial charge in [-0.1, -0.05) is 29.8 Å². The third kappa shape index (κ3) is 4.13. The maximum absolute atomic E-state index is 12.4. The SMILES string of the molecule is O=S(=O)(Cc1ccccc1Cl)NC[C@@](O)(c1ccsc1)c1ccco1. The number of halogens is 1. The van der Waals surface area contributed by atoms with Crippen molar-refractivity contribution in [3.63, 3.8) is 0 Å². The van der Waals surface area contributed by atoms with Gasteiger partial charge >= 0.3 is 0 Å². The number of hydrogen-bond acceptors (Lipinski definition) is 5. The number of furan rings is 1. The minimum Gasteiger partial charge on any atom is -0.466 e. The van der Waals surface area contributed by atoms with Gasteiger partial charge in [0.1, 0.15) is 5.76 Å². The Labute approximate surface area is 154 Å². The van der Waals surface area contributed by atoms with Gasteiger partial charge in [-0.3, -0.25) is 0 Å². The maximum Gasteiger partial charge on any atom is 0.215 e. The molecule has 1 atom stereocenters. The smallest absolute Gasteiger partial charge is 0.215 e. The summed E-state index contributed by atoms with van der Waals surface area (Å²) in [6, 6.07) is 11.7. The fraction of sp³-hybridized carbons (Fsp3) is 0.176. The number of nitrogens with one attached hydrogen (secondary N) is 1. The second-order valence-corrected chi connectivity index (χ2v) is 8.52. The second kappa shape index (κ2) is 7.31. The lowest BCUT2D eigenvalue weighted by Crippen LogP contribution is -2.41. The summed E-state index contributed by atoms with van der Waals surface area (Å²) < 4.78 is 32.6. The highest BCUT2D eigenvalue weighted by Gasteiger charge is 2.36. The van der Waals surface area contributed by atoms with Crippen LogP contribution in [0.4, 0.5) is 0 Å². The van der Waals surface area contributed by atoms with Crippen molar-refractivity contribution in [2.24, 2.45) is 0 Å². The van der Waals surface area contributed by atoms with Gasteiger partial charge in [0.25, 0.3) is 0 Å². The zero-order valence-corrected chi connectivity index (χ0v) is 15.4. The van der Waals surface area contributed by atoms with E-state index in [0.29, 0.717) is 16.1 Å². The molecule has 132 valence electrons.